The molecule has 0 heterocycles. The molecule has 0 aromatic carbocycles. The fourth-order valence-electron chi connectivity index (χ4n) is 4.28. The monoisotopic (exact) mass is 295 g/mol. The fourth-order valence-corrected chi connectivity index (χ4v) is 4.28. The molecule has 1 N–H and O–H groups in total. The van der Waals surface area contributed by atoms with Gasteiger partial charge in [0.25, 0.3) is 0 Å². The van der Waals surface area contributed by atoms with E-state index in [1.807, 2.05) is 0 Å². The molecule has 3 unspecified atom stereocenters. The summed E-state index contributed by atoms with van der Waals surface area (Å²) >= 11 is 0. The van der Waals surface area contributed by atoms with E-state index in [2.05, 4.69) is 26.1 Å². The maximum atomic E-state index is 6.03. The first kappa shape index (κ1) is 17.3. The number of hydrogen-bond donors (Lipinski definition) is 1. The van der Waals surface area contributed by atoms with Crippen molar-refractivity contribution < 1.29 is 4.74 Å². The van der Waals surface area contributed by atoms with Crippen molar-refractivity contribution in [2.24, 2.45) is 17.8 Å². The Hall–Kier alpha value is -0.0800. The van der Waals surface area contributed by atoms with Gasteiger partial charge in [-0.05, 0) is 56.4 Å². The summed E-state index contributed by atoms with van der Waals surface area (Å²) < 4.78 is 6.03. The molecule has 0 aromatic rings. The largest absolute Gasteiger partial charge is 0.378 e. The third-order valence-corrected chi connectivity index (χ3v) is 5.66. The van der Waals surface area contributed by atoms with Gasteiger partial charge in [-0.15, -0.1) is 0 Å². The Balaban J connectivity index is 1.59. The van der Waals surface area contributed by atoms with Crippen LogP contribution in [0.5, 0.6) is 0 Å². The lowest BCUT2D eigenvalue weighted by Gasteiger charge is -2.38. The van der Waals surface area contributed by atoms with Crippen LogP contribution < -0.4 is 5.32 Å². The zero-order chi connectivity index (χ0) is 15.1. The Morgan fingerprint density at radius 3 is 2.52 bits per heavy atom. The molecule has 124 valence electrons. The molecule has 0 bridgehead atoms. The maximum Gasteiger partial charge on any atom is 0.0575 e. The standard InChI is InChI=1S/C19H37NO/c1-15(2)18-11-10-16(3)14-19(18)20-12-7-13-21-17-8-5-4-6-9-17/h15-20H,4-14H2,1-3H3. The Bertz CT molecular complexity index is 273. The molecule has 0 saturated heterocycles. The van der Waals surface area contributed by atoms with Crippen molar-refractivity contribution in [3.05, 3.63) is 0 Å². The van der Waals surface area contributed by atoms with Crippen LogP contribution in [0.3, 0.4) is 0 Å². The molecular formula is C19H37NO. The van der Waals surface area contributed by atoms with E-state index in [9.17, 15) is 0 Å². The summed E-state index contributed by atoms with van der Waals surface area (Å²) in [6.45, 7) is 9.28. The average molecular weight is 296 g/mol. The van der Waals surface area contributed by atoms with E-state index in [0.29, 0.717) is 6.10 Å². The van der Waals surface area contributed by atoms with Gasteiger partial charge >= 0.3 is 0 Å². The summed E-state index contributed by atoms with van der Waals surface area (Å²) in [6.07, 6.45) is 12.7. The van der Waals surface area contributed by atoms with Crippen LogP contribution >= 0.6 is 0 Å². The smallest absolute Gasteiger partial charge is 0.0575 e. The highest BCUT2D eigenvalue weighted by Crippen LogP contribution is 2.33. The molecule has 0 spiro atoms. The lowest BCUT2D eigenvalue weighted by atomic mass is 9.74. The highest BCUT2D eigenvalue weighted by molar-refractivity contribution is 4.85. The van der Waals surface area contributed by atoms with Gasteiger partial charge in [-0.2, -0.15) is 0 Å². The minimum atomic E-state index is 0.567. The predicted octanol–water partition coefficient (Wildman–Crippen LogP) is 4.78. The SMILES string of the molecule is CC1CCC(C(C)C)C(NCCCOC2CCCCC2)C1. The van der Waals surface area contributed by atoms with E-state index in [-0.39, 0.29) is 0 Å². The number of rotatable bonds is 7. The zero-order valence-electron chi connectivity index (χ0n) is 14.6. The Kier molecular flexibility index (Phi) is 7.53. The Labute approximate surface area is 132 Å². The van der Waals surface area contributed by atoms with Crippen LogP contribution in [0, 0.1) is 17.8 Å². The van der Waals surface area contributed by atoms with Crippen molar-refractivity contribution in [3.63, 3.8) is 0 Å². The quantitative estimate of drug-likeness (QED) is 0.683. The minimum absolute atomic E-state index is 0.567. The van der Waals surface area contributed by atoms with Crippen molar-refractivity contribution >= 4 is 0 Å². The summed E-state index contributed by atoms with van der Waals surface area (Å²) in [7, 11) is 0. The summed E-state index contributed by atoms with van der Waals surface area (Å²) in [5.74, 6) is 2.59. The van der Waals surface area contributed by atoms with Crippen LogP contribution in [0.4, 0.5) is 0 Å². The summed E-state index contributed by atoms with van der Waals surface area (Å²) in [5, 5.41) is 3.84. The molecule has 2 rings (SSSR count). The van der Waals surface area contributed by atoms with Gasteiger partial charge in [-0.25, -0.2) is 0 Å². The molecule has 2 nitrogen and oxygen atoms in total. The second-order valence-electron chi connectivity index (χ2n) is 7.87. The topological polar surface area (TPSA) is 21.3 Å². The third kappa shape index (κ3) is 5.90. The maximum absolute atomic E-state index is 6.03. The van der Waals surface area contributed by atoms with Crippen molar-refractivity contribution in [2.45, 2.75) is 90.7 Å². The molecule has 0 aliphatic heterocycles. The molecule has 0 amide bonds. The van der Waals surface area contributed by atoms with Crippen LogP contribution in [0.1, 0.15) is 78.6 Å². The molecule has 0 aromatic heterocycles. The number of nitrogens with one attached hydrogen (secondary N) is 1. The first-order valence-corrected chi connectivity index (χ1v) is 9.51. The molecule has 21 heavy (non-hydrogen) atoms. The second kappa shape index (κ2) is 9.15. The van der Waals surface area contributed by atoms with Crippen LogP contribution in [0.2, 0.25) is 0 Å². The van der Waals surface area contributed by atoms with Crippen LogP contribution in [0.25, 0.3) is 0 Å². The van der Waals surface area contributed by atoms with Gasteiger partial charge in [-0.1, -0.05) is 46.5 Å². The minimum Gasteiger partial charge on any atom is -0.378 e. The van der Waals surface area contributed by atoms with Crippen LogP contribution in [0.15, 0.2) is 0 Å². The first-order chi connectivity index (χ1) is 10.2. The fraction of sp³-hybridized carbons (Fsp3) is 1.00. The van der Waals surface area contributed by atoms with E-state index in [4.69, 9.17) is 4.74 Å². The number of ether oxygens (including phenoxy) is 1. The zero-order valence-corrected chi connectivity index (χ0v) is 14.6. The Morgan fingerprint density at radius 2 is 1.81 bits per heavy atom. The molecule has 2 saturated carbocycles. The molecular weight excluding hydrogens is 258 g/mol. The van der Waals surface area contributed by atoms with E-state index >= 15 is 0 Å². The summed E-state index contributed by atoms with van der Waals surface area (Å²) in [4.78, 5) is 0. The van der Waals surface area contributed by atoms with Crippen molar-refractivity contribution in [2.75, 3.05) is 13.2 Å². The number of hydrogen-bond acceptors (Lipinski definition) is 2. The predicted molar refractivity (Wildman–Crippen MR) is 90.6 cm³/mol. The van der Waals surface area contributed by atoms with Crippen molar-refractivity contribution in [1.29, 1.82) is 0 Å². The summed E-state index contributed by atoms with van der Waals surface area (Å²) in [5.41, 5.74) is 0. The lowest BCUT2D eigenvalue weighted by molar-refractivity contribution is 0.0264. The van der Waals surface area contributed by atoms with E-state index in [1.54, 1.807) is 0 Å². The van der Waals surface area contributed by atoms with Gasteiger partial charge in [0.15, 0.2) is 0 Å². The molecule has 2 aliphatic rings. The van der Waals surface area contributed by atoms with Gasteiger partial charge in [0.1, 0.15) is 0 Å². The molecule has 2 heteroatoms. The molecule has 2 fully saturated rings. The van der Waals surface area contributed by atoms with Gasteiger partial charge in [0.2, 0.25) is 0 Å². The second-order valence-corrected chi connectivity index (χ2v) is 7.87. The van der Waals surface area contributed by atoms with Crippen LogP contribution in [-0.4, -0.2) is 25.3 Å². The highest BCUT2D eigenvalue weighted by Gasteiger charge is 2.29. The van der Waals surface area contributed by atoms with Gasteiger partial charge in [-0.3, -0.25) is 0 Å². The van der Waals surface area contributed by atoms with Gasteiger partial charge < -0.3 is 10.1 Å². The van der Waals surface area contributed by atoms with Crippen molar-refractivity contribution in [3.8, 4) is 0 Å². The molecule has 2 aliphatic carbocycles. The summed E-state index contributed by atoms with van der Waals surface area (Å²) in [6, 6.07) is 0.739. The van der Waals surface area contributed by atoms with Gasteiger partial charge in [0.05, 0.1) is 6.10 Å². The van der Waals surface area contributed by atoms with Crippen LogP contribution in [-0.2, 0) is 4.74 Å². The van der Waals surface area contributed by atoms with E-state index in [1.165, 1.54) is 57.8 Å². The molecule has 3 atom stereocenters. The lowest BCUT2D eigenvalue weighted by Crippen LogP contribution is -2.43. The van der Waals surface area contributed by atoms with Gasteiger partial charge in [0, 0.05) is 12.6 Å². The van der Waals surface area contributed by atoms with E-state index < -0.39 is 0 Å². The Morgan fingerprint density at radius 1 is 1.05 bits per heavy atom. The third-order valence-electron chi connectivity index (χ3n) is 5.66. The highest BCUT2D eigenvalue weighted by atomic mass is 16.5. The average Bonchev–Trinajstić information content (AvgIpc) is 2.48. The normalized spacial score (nSPS) is 31.7. The van der Waals surface area contributed by atoms with Crippen molar-refractivity contribution in [1.82, 2.24) is 5.32 Å². The first-order valence-electron chi connectivity index (χ1n) is 9.51. The molecule has 0 radical (unpaired) electrons. The van der Waals surface area contributed by atoms with E-state index in [0.717, 1.165) is 36.9 Å².